The molecule has 0 aliphatic heterocycles. The molecule has 0 unspecified atom stereocenters. The molecule has 4 heteroatoms. The van der Waals surface area contributed by atoms with Gasteiger partial charge in [0.05, 0.1) is 7.11 Å². The van der Waals surface area contributed by atoms with Crippen molar-refractivity contribution in [3.8, 4) is 0 Å². The fourth-order valence-electron chi connectivity index (χ4n) is 0.673. The Balaban J connectivity index is 2.80. The minimum absolute atomic E-state index is 0.108. The van der Waals surface area contributed by atoms with Gasteiger partial charge in [-0.25, -0.2) is 4.79 Å². The number of methoxy groups -OCH3 is 1. The number of hydrogen-bond acceptors (Lipinski definition) is 4. The van der Waals surface area contributed by atoms with Crippen molar-refractivity contribution < 1.29 is 19.1 Å². The van der Waals surface area contributed by atoms with E-state index in [1.165, 1.54) is 19.2 Å². The molecule has 0 atom stereocenters. The number of aliphatic hydroxyl groups is 1. The van der Waals surface area contributed by atoms with E-state index in [4.69, 9.17) is 9.52 Å². The molecule has 4 nitrogen and oxygen atoms in total. The number of hydrogen-bond donors (Lipinski definition) is 1. The predicted molar refractivity (Wildman–Crippen MR) is 36.0 cm³/mol. The number of ether oxygens (including phenoxy) is 1. The van der Waals surface area contributed by atoms with Crippen LogP contribution in [0.2, 0.25) is 0 Å². The zero-order chi connectivity index (χ0) is 8.27. The molecule has 1 aromatic rings. The van der Waals surface area contributed by atoms with Crippen LogP contribution < -0.4 is 0 Å². The second kappa shape index (κ2) is 3.21. The molecule has 0 radical (unpaired) electrons. The van der Waals surface area contributed by atoms with Crippen molar-refractivity contribution >= 4 is 5.97 Å². The summed E-state index contributed by atoms with van der Waals surface area (Å²) in [4.78, 5) is 10.7. The summed E-state index contributed by atoms with van der Waals surface area (Å²) in [6.45, 7) is -0.211. The quantitative estimate of drug-likeness (QED) is 0.635. The molecular formula is C7H8O4. The molecule has 0 bridgehead atoms. The van der Waals surface area contributed by atoms with E-state index in [-0.39, 0.29) is 12.4 Å². The summed E-state index contributed by atoms with van der Waals surface area (Å²) in [6, 6.07) is 2.98. The van der Waals surface area contributed by atoms with Gasteiger partial charge in [0.15, 0.2) is 0 Å². The summed E-state index contributed by atoms with van der Waals surface area (Å²) in [5.41, 5.74) is 0. The Morgan fingerprint density at radius 1 is 1.73 bits per heavy atom. The third-order valence-corrected chi connectivity index (χ3v) is 1.20. The SMILES string of the molecule is COC(=O)c1ccc(CO)o1. The van der Waals surface area contributed by atoms with Crippen LogP contribution in [0.15, 0.2) is 16.5 Å². The topological polar surface area (TPSA) is 59.7 Å². The summed E-state index contributed by atoms with van der Waals surface area (Å²) >= 11 is 0. The highest BCUT2D eigenvalue weighted by molar-refractivity contribution is 5.86. The number of furan rings is 1. The summed E-state index contributed by atoms with van der Waals surface area (Å²) < 4.78 is 9.24. The Morgan fingerprint density at radius 3 is 2.91 bits per heavy atom. The molecule has 60 valence electrons. The molecule has 1 N–H and O–H groups in total. The second-order valence-electron chi connectivity index (χ2n) is 1.92. The van der Waals surface area contributed by atoms with Gasteiger partial charge in [0.1, 0.15) is 12.4 Å². The lowest BCUT2D eigenvalue weighted by Gasteiger charge is -1.91. The number of rotatable bonds is 2. The van der Waals surface area contributed by atoms with Gasteiger partial charge in [-0.1, -0.05) is 0 Å². The summed E-state index contributed by atoms with van der Waals surface area (Å²) in [5.74, 6) is -0.0772. The lowest BCUT2D eigenvalue weighted by Crippen LogP contribution is -1.98. The van der Waals surface area contributed by atoms with Gasteiger partial charge in [-0.15, -0.1) is 0 Å². The Labute approximate surface area is 63.4 Å². The van der Waals surface area contributed by atoms with E-state index in [9.17, 15) is 4.79 Å². The average Bonchev–Trinajstić information content (AvgIpc) is 2.50. The molecule has 0 aliphatic carbocycles. The van der Waals surface area contributed by atoms with E-state index in [1.807, 2.05) is 0 Å². The number of aliphatic hydroxyl groups excluding tert-OH is 1. The first-order chi connectivity index (χ1) is 5.27. The molecule has 1 aromatic heterocycles. The Hall–Kier alpha value is -1.29. The first kappa shape index (κ1) is 7.81. The standard InChI is InChI=1S/C7H8O4/c1-10-7(9)6-3-2-5(4-8)11-6/h2-3,8H,4H2,1H3. The van der Waals surface area contributed by atoms with Crippen molar-refractivity contribution in [1.29, 1.82) is 0 Å². The van der Waals surface area contributed by atoms with E-state index in [0.29, 0.717) is 5.76 Å². The first-order valence-electron chi connectivity index (χ1n) is 3.06. The van der Waals surface area contributed by atoms with Crippen LogP contribution in [-0.2, 0) is 11.3 Å². The fraction of sp³-hybridized carbons (Fsp3) is 0.286. The third-order valence-electron chi connectivity index (χ3n) is 1.20. The molecule has 0 saturated heterocycles. The van der Waals surface area contributed by atoms with Crippen LogP contribution in [0, 0.1) is 0 Å². The minimum Gasteiger partial charge on any atom is -0.463 e. The van der Waals surface area contributed by atoms with Crippen molar-refractivity contribution in [3.05, 3.63) is 23.7 Å². The number of carbonyl (C=O) groups excluding carboxylic acids is 1. The molecule has 0 aromatic carbocycles. The second-order valence-corrected chi connectivity index (χ2v) is 1.92. The molecule has 0 spiro atoms. The highest BCUT2D eigenvalue weighted by Gasteiger charge is 2.09. The van der Waals surface area contributed by atoms with E-state index < -0.39 is 5.97 Å². The van der Waals surface area contributed by atoms with E-state index in [0.717, 1.165) is 0 Å². The molecule has 1 heterocycles. The maximum Gasteiger partial charge on any atom is 0.373 e. The first-order valence-corrected chi connectivity index (χ1v) is 3.06. The van der Waals surface area contributed by atoms with Gasteiger partial charge >= 0.3 is 5.97 Å². The molecular weight excluding hydrogens is 148 g/mol. The van der Waals surface area contributed by atoms with Crippen LogP contribution in [0.4, 0.5) is 0 Å². The molecule has 0 aliphatic rings. The molecule has 0 saturated carbocycles. The van der Waals surface area contributed by atoms with Gasteiger partial charge in [0, 0.05) is 0 Å². The largest absolute Gasteiger partial charge is 0.463 e. The highest BCUT2D eigenvalue weighted by Crippen LogP contribution is 2.08. The summed E-state index contributed by atoms with van der Waals surface area (Å²) in [6.07, 6.45) is 0. The number of carbonyl (C=O) groups is 1. The van der Waals surface area contributed by atoms with Crippen molar-refractivity contribution in [2.45, 2.75) is 6.61 Å². The van der Waals surface area contributed by atoms with Crippen LogP contribution in [0.5, 0.6) is 0 Å². The highest BCUT2D eigenvalue weighted by atomic mass is 16.5. The van der Waals surface area contributed by atoms with Crippen LogP contribution in [0.3, 0.4) is 0 Å². The summed E-state index contributed by atoms with van der Waals surface area (Å²) in [5, 5.41) is 8.56. The zero-order valence-corrected chi connectivity index (χ0v) is 6.03. The molecule has 11 heavy (non-hydrogen) atoms. The van der Waals surface area contributed by atoms with Crippen molar-refractivity contribution in [1.82, 2.24) is 0 Å². The fourth-order valence-corrected chi connectivity index (χ4v) is 0.673. The van der Waals surface area contributed by atoms with Crippen molar-refractivity contribution in [2.75, 3.05) is 7.11 Å². The Morgan fingerprint density at radius 2 is 2.45 bits per heavy atom. The lowest BCUT2D eigenvalue weighted by atomic mass is 10.4. The van der Waals surface area contributed by atoms with Gasteiger partial charge in [0.25, 0.3) is 0 Å². The van der Waals surface area contributed by atoms with E-state index >= 15 is 0 Å². The average molecular weight is 156 g/mol. The summed E-state index contributed by atoms with van der Waals surface area (Å²) in [7, 11) is 1.27. The van der Waals surface area contributed by atoms with Crippen LogP contribution in [0.1, 0.15) is 16.3 Å². The van der Waals surface area contributed by atoms with Crippen LogP contribution in [-0.4, -0.2) is 18.2 Å². The third kappa shape index (κ3) is 1.59. The normalized spacial score (nSPS) is 9.64. The number of esters is 1. The van der Waals surface area contributed by atoms with Gasteiger partial charge in [0.2, 0.25) is 5.76 Å². The van der Waals surface area contributed by atoms with Gasteiger partial charge in [-0.05, 0) is 12.1 Å². The maximum absolute atomic E-state index is 10.7. The smallest absolute Gasteiger partial charge is 0.373 e. The van der Waals surface area contributed by atoms with Crippen molar-refractivity contribution in [2.24, 2.45) is 0 Å². The molecule has 0 fully saturated rings. The Bertz CT molecular complexity index is 251. The maximum atomic E-state index is 10.7. The Kier molecular flexibility index (Phi) is 2.28. The molecule has 0 amide bonds. The molecule has 1 rings (SSSR count). The van der Waals surface area contributed by atoms with Gasteiger partial charge < -0.3 is 14.3 Å². The monoisotopic (exact) mass is 156 g/mol. The van der Waals surface area contributed by atoms with Gasteiger partial charge in [-0.2, -0.15) is 0 Å². The minimum atomic E-state index is -0.537. The van der Waals surface area contributed by atoms with E-state index in [1.54, 1.807) is 0 Å². The lowest BCUT2D eigenvalue weighted by molar-refractivity contribution is 0.0560. The van der Waals surface area contributed by atoms with Crippen LogP contribution in [0.25, 0.3) is 0 Å². The van der Waals surface area contributed by atoms with E-state index in [2.05, 4.69) is 4.74 Å². The predicted octanol–water partition coefficient (Wildman–Crippen LogP) is 0.558. The van der Waals surface area contributed by atoms with Crippen LogP contribution >= 0.6 is 0 Å². The van der Waals surface area contributed by atoms with Gasteiger partial charge in [-0.3, -0.25) is 0 Å². The van der Waals surface area contributed by atoms with Crippen molar-refractivity contribution in [3.63, 3.8) is 0 Å². The zero-order valence-electron chi connectivity index (χ0n) is 6.03.